The van der Waals surface area contributed by atoms with E-state index in [0.717, 1.165) is 17.3 Å². The summed E-state index contributed by atoms with van der Waals surface area (Å²) in [7, 11) is 1.78. The molecule has 1 N–H and O–H groups in total. The number of likely N-dealkylation sites (N-methyl/N-ethyl adjacent to an activating group) is 1. The van der Waals surface area contributed by atoms with Crippen LogP contribution in [0.2, 0.25) is 0 Å². The highest BCUT2D eigenvalue weighted by Crippen LogP contribution is 2.49. The number of allylic oxidation sites excluding steroid dienone is 1. The second kappa shape index (κ2) is 6.45. The van der Waals surface area contributed by atoms with E-state index in [1.165, 1.54) is 24.3 Å². The lowest BCUT2D eigenvalue weighted by Gasteiger charge is -2.22. The molecule has 144 valence electrons. The molecule has 0 unspecified atom stereocenters. The van der Waals surface area contributed by atoms with Crippen LogP contribution in [0, 0.1) is 20.2 Å². The number of carbonyl (C=O) groups is 1. The molecule has 28 heavy (non-hydrogen) atoms. The van der Waals surface area contributed by atoms with Gasteiger partial charge < -0.3 is 10.2 Å². The number of fused-ring (bicyclic) bond motifs is 1. The molecule has 9 heteroatoms. The molecule has 0 saturated heterocycles. The molecule has 2 aromatic rings. The Morgan fingerprint density at radius 2 is 1.82 bits per heavy atom. The number of amides is 1. The zero-order valence-corrected chi connectivity index (χ0v) is 15.6. The topological polar surface area (TPSA) is 119 Å². The lowest BCUT2D eigenvalue weighted by Crippen LogP contribution is -2.21. The molecule has 1 amide bonds. The quantitative estimate of drug-likeness (QED) is 0.631. The summed E-state index contributed by atoms with van der Waals surface area (Å²) in [6, 6.07) is 8.13. The van der Waals surface area contributed by atoms with Crippen molar-refractivity contribution >= 4 is 28.7 Å². The van der Waals surface area contributed by atoms with Gasteiger partial charge in [-0.15, -0.1) is 0 Å². The van der Waals surface area contributed by atoms with Crippen molar-refractivity contribution in [3.05, 3.63) is 80.0 Å². The first-order chi connectivity index (χ1) is 13.0. The maximum absolute atomic E-state index is 12.6. The van der Waals surface area contributed by atoms with Crippen molar-refractivity contribution in [2.45, 2.75) is 19.3 Å². The third-order valence-corrected chi connectivity index (χ3v) is 5.04. The molecular formula is C19H18N4O5. The predicted molar refractivity (Wildman–Crippen MR) is 105 cm³/mol. The van der Waals surface area contributed by atoms with Crippen LogP contribution in [0.4, 0.5) is 22.7 Å². The van der Waals surface area contributed by atoms with Crippen LogP contribution < -0.4 is 10.2 Å². The Morgan fingerprint density at radius 1 is 1.14 bits per heavy atom. The van der Waals surface area contributed by atoms with Crippen LogP contribution >= 0.6 is 0 Å². The molecular weight excluding hydrogens is 364 g/mol. The number of nitrogens with one attached hydrogen (secondary N) is 1. The standard InChI is InChI=1S/C19H18N4O5/c1-11-19(2,3)14-9-15(17(23(27)28)10-16(14)21(11)4)20-18(24)12-6-5-7-13(8-12)22(25)26/h5-10H,1H2,2-4H3,(H,20,24). The van der Waals surface area contributed by atoms with Crippen LogP contribution in [0.15, 0.2) is 48.7 Å². The summed E-state index contributed by atoms with van der Waals surface area (Å²) in [5.41, 5.74) is 1.30. The second-order valence-electron chi connectivity index (χ2n) is 7.04. The lowest BCUT2D eigenvalue weighted by atomic mass is 9.84. The van der Waals surface area contributed by atoms with Gasteiger partial charge in [0.1, 0.15) is 5.69 Å². The van der Waals surface area contributed by atoms with E-state index >= 15 is 0 Å². The molecule has 0 bridgehead atoms. The fraction of sp³-hybridized carbons (Fsp3) is 0.211. The van der Waals surface area contributed by atoms with Crippen LogP contribution in [0.3, 0.4) is 0 Å². The van der Waals surface area contributed by atoms with Gasteiger partial charge >= 0.3 is 0 Å². The van der Waals surface area contributed by atoms with Gasteiger partial charge in [-0.2, -0.15) is 0 Å². The van der Waals surface area contributed by atoms with Gasteiger partial charge in [0.15, 0.2) is 0 Å². The molecule has 1 aliphatic rings. The van der Waals surface area contributed by atoms with Crippen molar-refractivity contribution in [1.29, 1.82) is 0 Å². The molecule has 1 heterocycles. The van der Waals surface area contributed by atoms with Gasteiger partial charge in [-0.1, -0.05) is 26.5 Å². The van der Waals surface area contributed by atoms with Crippen molar-refractivity contribution in [2.75, 3.05) is 17.3 Å². The average Bonchev–Trinajstić information content (AvgIpc) is 2.81. The minimum absolute atomic E-state index is 0.0245. The summed E-state index contributed by atoms with van der Waals surface area (Å²) in [5.74, 6) is -0.672. The number of benzene rings is 2. The van der Waals surface area contributed by atoms with Crippen LogP contribution in [-0.4, -0.2) is 22.8 Å². The number of anilines is 2. The molecule has 0 atom stereocenters. The Balaban J connectivity index is 2.05. The van der Waals surface area contributed by atoms with Gasteiger partial charge in [-0.25, -0.2) is 0 Å². The smallest absolute Gasteiger partial charge is 0.294 e. The van der Waals surface area contributed by atoms with Crippen LogP contribution in [0.1, 0.15) is 29.8 Å². The third kappa shape index (κ3) is 2.96. The zero-order chi connectivity index (χ0) is 20.8. The maximum atomic E-state index is 12.6. The number of nitro groups is 2. The fourth-order valence-electron chi connectivity index (χ4n) is 3.28. The molecule has 0 saturated carbocycles. The second-order valence-corrected chi connectivity index (χ2v) is 7.04. The first-order valence-electron chi connectivity index (χ1n) is 8.36. The predicted octanol–water partition coefficient (Wildman–Crippen LogP) is 4.00. The van der Waals surface area contributed by atoms with Gasteiger partial charge in [0.2, 0.25) is 0 Å². The molecule has 0 aliphatic carbocycles. The molecule has 1 aliphatic heterocycles. The van der Waals surface area contributed by atoms with E-state index in [2.05, 4.69) is 11.9 Å². The van der Waals surface area contributed by atoms with Crippen molar-refractivity contribution in [2.24, 2.45) is 0 Å². The van der Waals surface area contributed by atoms with Gasteiger partial charge in [-0.3, -0.25) is 25.0 Å². The Labute approximate surface area is 160 Å². The lowest BCUT2D eigenvalue weighted by molar-refractivity contribution is -0.384. The van der Waals surface area contributed by atoms with Gasteiger partial charge in [0.05, 0.1) is 15.5 Å². The van der Waals surface area contributed by atoms with Crippen molar-refractivity contribution < 1.29 is 14.6 Å². The first-order valence-corrected chi connectivity index (χ1v) is 8.36. The summed E-state index contributed by atoms with van der Waals surface area (Å²) >= 11 is 0. The highest BCUT2D eigenvalue weighted by molar-refractivity contribution is 6.06. The van der Waals surface area contributed by atoms with E-state index in [4.69, 9.17) is 0 Å². The summed E-state index contributed by atoms with van der Waals surface area (Å²) in [6.45, 7) is 7.93. The molecule has 0 radical (unpaired) electrons. The first kappa shape index (κ1) is 19.0. The molecule has 9 nitrogen and oxygen atoms in total. The normalized spacial score (nSPS) is 14.5. The average molecular weight is 382 g/mol. The van der Waals surface area contributed by atoms with E-state index < -0.39 is 21.2 Å². The van der Waals surface area contributed by atoms with Gasteiger partial charge in [0.25, 0.3) is 17.3 Å². The van der Waals surface area contributed by atoms with Crippen LogP contribution in [-0.2, 0) is 5.41 Å². The number of carbonyl (C=O) groups excluding carboxylic acids is 1. The molecule has 0 aromatic heterocycles. The maximum Gasteiger partial charge on any atom is 0.294 e. The minimum atomic E-state index is -0.672. The van der Waals surface area contributed by atoms with E-state index in [-0.39, 0.29) is 22.6 Å². The van der Waals surface area contributed by atoms with Crippen molar-refractivity contribution in [3.8, 4) is 0 Å². The summed E-state index contributed by atoms with van der Waals surface area (Å²) in [6.07, 6.45) is 0. The van der Waals surface area contributed by atoms with E-state index in [9.17, 15) is 25.0 Å². The molecule has 2 aromatic carbocycles. The van der Waals surface area contributed by atoms with E-state index in [1.807, 2.05) is 13.8 Å². The number of nitro benzene ring substituents is 2. The van der Waals surface area contributed by atoms with Crippen molar-refractivity contribution in [3.63, 3.8) is 0 Å². The van der Waals surface area contributed by atoms with Gasteiger partial charge in [0, 0.05) is 41.9 Å². The van der Waals surface area contributed by atoms with E-state index in [1.54, 1.807) is 18.0 Å². The Bertz CT molecular complexity index is 1040. The molecule has 0 spiro atoms. The number of rotatable bonds is 4. The fourth-order valence-corrected chi connectivity index (χ4v) is 3.28. The van der Waals surface area contributed by atoms with E-state index in [0.29, 0.717) is 5.69 Å². The monoisotopic (exact) mass is 382 g/mol. The number of nitrogens with zero attached hydrogens (tertiary/aromatic N) is 3. The van der Waals surface area contributed by atoms with Crippen LogP contribution in [0.5, 0.6) is 0 Å². The Kier molecular flexibility index (Phi) is 4.38. The third-order valence-electron chi connectivity index (χ3n) is 5.04. The summed E-state index contributed by atoms with van der Waals surface area (Å²) in [4.78, 5) is 35.6. The molecule has 0 fully saturated rings. The van der Waals surface area contributed by atoms with Crippen LogP contribution in [0.25, 0.3) is 0 Å². The largest absolute Gasteiger partial charge is 0.347 e. The SMILES string of the molecule is C=C1N(C)c2cc([N+](=O)[O-])c(NC(=O)c3cccc([N+](=O)[O-])c3)cc2C1(C)C. The van der Waals surface area contributed by atoms with Crippen molar-refractivity contribution in [1.82, 2.24) is 0 Å². The van der Waals surface area contributed by atoms with Gasteiger partial charge in [-0.05, 0) is 17.7 Å². The Hall–Kier alpha value is -3.75. The number of hydrogen-bond acceptors (Lipinski definition) is 6. The Morgan fingerprint density at radius 3 is 2.43 bits per heavy atom. The minimum Gasteiger partial charge on any atom is -0.347 e. The highest BCUT2D eigenvalue weighted by Gasteiger charge is 2.39. The number of hydrogen-bond donors (Lipinski definition) is 1. The highest BCUT2D eigenvalue weighted by atomic mass is 16.6. The zero-order valence-electron chi connectivity index (χ0n) is 15.6. The summed E-state index contributed by atoms with van der Waals surface area (Å²) in [5, 5.41) is 25.0. The summed E-state index contributed by atoms with van der Waals surface area (Å²) < 4.78 is 0. The number of non-ortho nitro benzene ring substituents is 1. The molecule has 3 rings (SSSR count).